The first kappa shape index (κ1) is 21.5. The SMILES string of the molecule is CN1CCCC1.COc1nc(-c2ccc(C#N)cc2)c(-c2ccc(C)cc2)n2ccnc12. The van der Waals surface area contributed by atoms with Crippen LogP contribution in [-0.2, 0) is 0 Å². The van der Waals surface area contributed by atoms with Crippen molar-refractivity contribution in [2.45, 2.75) is 19.8 Å². The summed E-state index contributed by atoms with van der Waals surface area (Å²) in [4.78, 5) is 11.5. The molecule has 1 saturated heterocycles. The maximum absolute atomic E-state index is 9.06. The van der Waals surface area contributed by atoms with Gasteiger partial charge in [0, 0.05) is 23.5 Å². The molecule has 1 aliphatic rings. The van der Waals surface area contributed by atoms with Crippen LogP contribution in [0.15, 0.2) is 60.9 Å². The van der Waals surface area contributed by atoms with Crippen LogP contribution in [0.2, 0.25) is 0 Å². The summed E-state index contributed by atoms with van der Waals surface area (Å²) in [7, 11) is 3.76. The van der Waals surface area contributed by atoms with E-state index in [4.69, 9.17) is 15.0 Å². The van der Waals surface area contributed by atoms with E-state index < -0.39 is 0 Å². The van der Waals surface area contributed by atoms with Crippen molar-refractivity contribution in [2.24, 2.45) is 0 Å². The van der Waals surface area contributed by atoms with E-state index in [9.17, 15) is 0 Å². The van der Waals surface area contributed by atoms with Crippen molar-refractivity contribution in [1.29, 1.82) is 5.26 Å². The van der Waals surface area contributed by atoms with Crippen molar-refractivity contribution in [3.8, 4) is 34.5 Å². The molecule has 2 aromatic heterocycles. The lowest BCUT2D eigenvalue weighted by atomic mass is 10.0. The highest BCUT2D eigenvalue weighted by Gasteiger charge is 2.18. The number of imidazole rings is 1. The number of benzene rings is 2. The van der Waals surface area contributed by atoms with Crippen LogP contribution in [0, 0.1) is 18.3 Å². The molecule has 2 aromatic carbocycles. The number of methoxy groups -OCH3 is 1. The van der Waals surface area contributed by atoms with Gasteiger partial charge < -0.3 is 9.64 Å². The summed E-state index contributed by atoms with van der Waals surface area (Å²) in [5, 5.41) is 9.06. The molecule has 0 aliphatic carbocycles. The van der Waals surface area contributed by atoms with Gasteiger partial charge in [0.15, 0.2) is 0 Å². The quantitative estimate of drug-likeness (QED) is 0.464. The Morgan fingerprint density at radius 2 is 1.62 bits per heavy atom. The van der Waals surface area contributed by atoms with Gasteiger partial charge in [-0.3, -0.25) is 4.40 Å². The lowest BCUT2D eigenvalue weighted by Gasteiger charge is -2.14. The average molecular weight is 426 g/mol. The summed E-state index contributed by atoms with van der Waals surface area (Å²) >= 11 is 0. The number of nitriles is 1. The zero-order chi connectivity index (χ0) is 22.5. The molecule has 0 saturated carbocycles. The van der Waals surface area contributed by atoms with Crippen LogP contribution in [-0.4, -0.2) is 46.5 Å². The van der Waals surface area contributed by atoms with E-state index in [2.05, 4.69) is 54.2 Å². The van der Waals surface area contributed by atoms with Crippen molar-refractivity contribution in [2.75, 3.05) is 27.2 Å². The summed E-state index contributed by atoms with van der Waals surface area (Å²) in [6, 6.07) is 17.8. The normalized spacial score (nSPS) is 13.4. The van der Waals surface area contributed by atoms with Gasteiger partial charge >= 0.3 is 0 Å². The Hall–Kier alpha value is -3.69. The van der Waals surface area contributed by atoms with E-state index in [1.165, 1.54) is 31.5 Å². The van der Waals surface area contributed by atoms with E-state index in [0.717, 1.165) is 22.5 Å². The Balaban J connectivity index is 0.000000354. The van der Waals surface area contributed by atoms with Gasteiger partial charge in [-0.05, 0) is 52.0 Å². The zero-order valence-corrected chi connectivity index (χ0v) is 18.7. The highest BCUT2D eigenvalue weighted by molar-refractivity contribution is 5.81. The Bertz CT molecular complexity index is 1230. The number of aromatic nitrogens is 3. The molecule has 0 unspecified atom stereocenters. The number of aryl methyl sites for hydroxylation is 1. The largest absolute Gasteiger partial charge is 0.478 e. The van der Waals surface area contributed by atoms with Crippen LogP contribution in [0.5, 0.6) is 5.88 Å². The minimum Gasteiger partial charge on any atom is -0.478 e. The molecule has 32 heavy (non-hydrogen) atoms. The Labute approximate surface area is 188 Å². The van der Waals surface area contributed by atoms with Crippen molar-refractivity contribution in [3.63, 3.8) is 0 Å². The minimum atomic E-state index is 0.463. The molecule has 4 aromatic rings. The van der Waals surface area contributed by atoms with E-state index in [-0.39, 0.29) is 0 Å². The third-order valence-corrected chi connectivity index (χ3v) is 5.65. The van der Waals surface area contributed by atoms with Crippen LogP contribution in [0.3, 0.4) is 0 Å². The predicted octanol–water partition coefficient (Wildman–Crippen LogP) is 4.96. The molecule has 0 spiro atoms. The maximum Gasteiger partial charge on any atom is 0.258 e. The molecule has 3 heterocycles. The molecule has 0 bridgehead atoms. The number of hydrogen-bond donors (Lipinski definition) is 0. The van der Waals surface area contributed by atoms with E-state index >= 15 is 0 Å². The summed E-state index contributed by atoms with van der Waals surface area (Å²) in [6.07, 6.45) is 6.47. The van der Waals surface area contributed by atoms with Crippen molar-refractivity contribution in [3.05, 3.63) is 72.1 Å². The number of fused-ring (bicyclic) bond motifs is 1. The Kier molecular flexibility index (Phi) is 6.48. The van der Waals surface area contributed by atoms with Gasteiger partial charge in [-0.15, -0.1) is 0 Å². The van der Waals surface area contributed by atoms with Gasteiger partial charge in [-0.2, -0.15) is 5.26 Å². The van der Waals surface area contributed by atoms with Crippen LogP contribution in [0.1, 0.15) is 24.0 Å². The molecule has 162 valence electrons. The highest BCUT2D eigenvalue weighted by Crippen LogP contribution is 2.34. The third kappa shape index (κ3) is 4.48. The molecule has 6 nitrogen and oxygen atoms in total. The summed E-state index contributed by atoms with van der Waals surface area (Å²) in [5.41, 5.74) is 6.13. The topological polar surface area (TPSA) is 66.5 Å². The molecule has 0 N–H and O–H groups in total. The van der Waals surface area contributed by atoms with Crippen LogP contribution in [0.25, 0.3) is 28.2 Å². The monoisotopic (exact) mass is 425 g/mol. The zero-order valence-electron chi connectivity index (χ0n) is 18.7. The molecule has 0 atom stereocenters. The first-order valence-electron chi connectivity index (χ1n) is 10.8. The number of hydrogen-bond acceptors (Lipinski definition) is 5. The van der Waals surface area contributed by atoms with Crippen molar-refractivity contribution >= 4 is 5.65 Å². The fraction of sp³-hybridized carbons (Fsp3) is 0.269. The van der Waals surface area contributed by atoms with Gasteiger partial charge in [0.05, 0.1) is 30.1 Å². The van der Waals surface area contributed by atoms with E-state index in [1.807, 2.05) is 22.7 Å². The van der Waals surface area contributed by atoms with Gasteiger partial charge in [-0.25, -0.2) is 9.97 Å². The van der Waals surface area contributed by atoms with Crippen LogP contribution >= 0.6 is 0 Å². The summed E-state index contributed by atoms with van der Waals surface area (Å²) in [6.45, 7) is 4.70. The van der Waals surface area contributed by atoms with Gasteiger partial charge in [0.2, 0.25) is 5.65 Å². The second-order valence-electron chi connectivity index (χ2n) is 8.00. The average Bonchev–Trinajstić information content (AvgIpc) is 3.51. The minimum absolute atomic E-state index is 0.463. The Morgan fingerprint density at radius 1 is 0.969 bits per heavy atom. The van der Waals surface area contributed by atoms with E-state index in [1.54, 1.807) is 25.4 Å². The van der Waals surface area contributed by atoms with E-state index in [0.29, 0.717) is 17.1 Å². The first-order valence-corrected chi connectivity index (χ1v) is 10.8. The molecule has 1 fully saturated rings. The molecular weight excluding hydrogens is 398 g/mol. The molecule has 0 radical (unpaired) electrons. The fourth-order valence-electron chi connectivity index (χ4n) is 3.86. The smallest absolute Gasteiger partial charge is 0.258 e. The maximum atomic E-state index is 9.06. The van der Waals surface area contributed by atoms with Gasteiger partial charge in [-0.1, -0.05) is 42.0 Å². The van der Waals surface area contributed by atoms with Crippen molar-refractivity contribution < 1.29 is 4.74 Å². The molecule has 1 aliphatic heterocycles. The second kappa shape index (κ2) is 9.63. The fourth-order valence-corrected chi connectivity index (χ4v) is 3.86. The standard InChI is InChI=1S/C21H16N4O.C5H11N/c1-14-3-7-17(8-4-14)19-18(16-9-5-15(13-22)6-10-16)24-21(26-2)20-23-11-12-25(19)20;1-6-4-2-3-5-6/h3-12H,1-2H3;2-5H2,1H3. The molecular formula is C26H27N5O. The highest BCUT2D eigenvalue weighted by atomic mass is 16.5. The second-order valence-corrected chi connectivity index (χ2v) is 8.00. The van der Waals surface area contributed by atoms with Gasteiger partial charge in [0.25, 0.3) is 5.88 Å². The number of likely N-dealkylation sites (tertiary alicyclic amines) is 1. The molecule has 0 amide bonds. The third-order valence-electron chi connectivity index (χ3n) is 5.65. The summed E-state index contributed by atoms with van der Waals surface area (Å²) in [5.74, 6) is 0.463. The van der Waals surface area contributed by atoms with Gasteiger partial charge in [0.1, 0.15) is 0 Å². The Morgan fingerprint density at radius 3 is 2.19 bits per heavy atom. The molecule has 6 heteroatoms. The number of rotatable bonds is 3. The number of nitrogens with zero attached hydrogens (tertiary/aromatic N) is 5. The van der Waals surface area contributed by atoms with Crippen molar-refractivity contribution in [1.82, 2.24) is 19.3 Å². The molecule has 5 rings (SSSR count). The van der Waals surface area contributed by atoms with Crippen LogP contribution < -0.4 is 4.74 Å². The summed E-state index contributed by atoms with van der Waals surface area (Å²) < 4.78 is 7.45. The predicted molar refractivity (Wildman–Crippen MR) is 127 cm³/mol. The lowest BCUT2D eigenvalue weighted by Crippen LogP contribution is -2.10. The first-order chi connectivity index (χ1) is 15.6. The number of ether oxygens (including phenoxy) is 1. The van der Waals surface area contributed by atoms with Crippen LogP contribution in [0.4, 0.5) is 0 Å². The lowest BCUT2D eigenvalue weighted by molar-refractivity contribution is 0.401.